The summed E-state index contributed by atoms with van der Waals surface area (Å²) in [6.07, 6.45) is 4.14. The van der Waals surface area contributed by atoms with Gasteiger partial charge in [-0.05, 0) is 62.0 Å². The van der Waals surface area contributed by atoms with Gasteiger partial charge in [-0.15, -0.1) is 0 Å². The molecule has 10 N–H and O–H groups in total. The normalized spacial score (nSPS) is 17.8. The molecule has 2 aromatic rings. The third-order valence-electron chi connectivity index (χ3n) is 9.07. The van der Waals surface area contributed by atoms with Crippen molar-refractivity contribution in [2.24, 2.45) is 11.5 Å². The van der Waals surface area contributed by atoms with Gasteiger partial charge in [-0.3, -0.25) is 28.8 Å². The number of hydrogen-bond donors (Lipinski definition) is 8. The fourth-order valence-electron chi connectivity index (χ4n) is 6.20. The number of nitrogens with two attached hydrogens (primary N) is 2. The molecule has 2 atom stereocenters. The average molecular weight is 721 g/mol. The van der Waals surface area contributed by atoms with Crippen molar-refractivity contribution in [3.63, 3.8) is 0 Å². The highest BCUT2D eigenvalue weighted by atomic mass is 16.2. The van der Waals surface area contributed by atoms with Crippen LogP contribution in [0.15, 0.2) is 60.7 Å². The van der Waals surface area contributed by atoms with E-state index >= 15 is 0 Å². The van der Waals surface area contributed by atoms with Gasteiger partial charge in [0.2, 0.25) is 35.4 Å². The predicted molar refractivity (Wildman–Crippen MR) is 194 cm³/mol. The maximum absolute atomic E-state index is 14.3. The summed E-state index contributed by atoms with van der Waals surface area (Å²) in [4.78, 5) is 89.1. The Morgan fingerprint density at radius 1 is 0.750 bits per heavy atom. The molecule has 0 bridgehead atoms. The van der Waals surface area contributed by atoms with Crippen molar-refractivity contribution < 1.29 is 33.6 Å². The number of carbonyl (C=O) groups is 7. The molecule has 0 spiro atoms. The number of hydrogen-bond acceptors (Lipinski definition) is 7. The van der Waals surface area contributed by atoms with Crippen LogP contribution in [0, 0.1) is 0 Å². The summed E-state index contributed by atoms with van der Waals surface area (Å²) in [5, 5.41) is 15.8. The quantitative estimate of drug-likeness (QED) is 0.0913. The average Bonchev–Trinajstić information content (AvgIpc) is 3.13. The van der Waals surface area contributed by atoms with Crippen molar-refractivity contribution in [2.75, 3.05) is 19.6 Å². The standard InChI is InChI=1S/C37H52N8O7/c1-2-3-16-31(47)45-37(19-17-27(18-20-37)26-13-8-5-9-14-26)35(51)44-29(22-25-11-6-4-7-12-25)34(50)43-28(15-10-21-40-36(39)52)33(49)42-24-32(48)41-23-30(38)46/h4-9,11-14,27-29H,2-3,10,15-24H2,1H3,(H2,38,46)(H,41,48)(H,42,49)(H,43,50)(H,44,51)(H,45,47)(H3,39,40,52). The molecule has 0 radical (unpaired) electrons. The van der Waals surface area contributed by atoms with Crippen LogP contribution in [0.5, 0.6) is 0 Å². The van der Waals surface area contributed by atoms with Gasteiger partial charge in [-0.25, -0.2) is 4.79 Å². The fourth-order valence-corrected chi connectivity index (χ4v) is 6.20. The predicted octanol–water partition coefficient (Wildman–Crippen LogP) is 0.768. The van der Waals surface area contributed by atoms with Crippen LogP contribution < -0.4 is 43.4 Å². The second-order valence-electron chi connectivity index (χ2n) is 13.1. The van der Waals surface area contributed by atoms with E-state index in [0.717, 1.165) is 17.5 Å². The Hall–Kier alpha value is -5.47. The molecule has 0 aliphatic heterocycles. The second-order valence-corrected chi connectivity index (χ2v) is 13.1. The van der Waals surface area contributed by atoms with Crippen LogP contribution in [0.4, 0.5) is 4.79 Å². The lowest BCUT2D eigenvalue weighted by Crippen LogP contribution is -2.64. The lowest BCUT2D eigenvalue weighted by Gasteiger charge is -2.40. The first kappa shape index (κ1) is 41.0. The van der Waals surface area contributed by atoms with E-state index in [9.17, 15) is 33.6 Å². The van der Waals surface area contributed by atoms with E-state index in [-0.39, 0.29) is 44.1 Å². The van der Waals surface area contributed by atoms with E-state index in [1.807, 2.05) is 43.3 Å². The molecule has 2 unspecified atom stereocenters. The lowest BCUT2D eigenvalue weighted by atomic mass is 9.73. The lowest BCUT2D eigenvalue weighted by molar-refractivity contribution is -0.138. The molecule has 52 heavy (non-hydrogen) atoms. The topological polar surface area (TPSA) is 244 Å². The van der Waals surface area contributed by atoms with Crippen molar-refractivity contribution in [3.05, 3.63) is 71.8 Å². The molecule has 15 nitrogen and oxygen atoms in total. The summed E-state index contributed by atoms with van der Waals surface area (Å²) < 4.78 is 0. The fraction of sp³-hybridized carbons (Fsp3) is 0.486. The van der Waals surface area contributed by atoms with Crippen LogP contribution in [0.3, 0.4) is 0 Å². The molecule has 8 amide bonds. The Bertz CT molecular complexity index is 1510. The van der Waals surface area contributed by atoms with Crippen molar-refractivity contribution in [1.29, 1.82) is 0 Å². The second kappa shape index (κ2) is 21.0. The van der Waals surface area contributed by atoms with Gasteiger partial charge >= 0.3 is 6.03 Å². The zero-order valence-corrected chi connectivity index (χ0v) is 29.7. The number of primary amides is 2. The molecule has 1 aliphatic carbocycles. The molecule has 3 rings (SSSR count). The third kappa shape index (κ3) is 13.7. The molecule has 1 fully saturated rings. The zero-order valence-electron chi connectivity index (χ0n) is 29.7. The number of urea groups is 1. The molecular formula is C37H52N8O7. The Labute approximate surface area is 304 Å². The first-order valence-electron chi connectivity index (χ1n) is 17.8. The van der Waals surface area contributed by atoms with Gasteiger partial charge in [0.1, 0.15) is 17.6 Å². The summed E-state index contributed by atoms with van der Waals surface area (Å²) in [5.74, 6) is -3.31. The smallest absolute Gasteiger partial charge is 0.312 e. The molecule has 282 valence electrons. The van der Waals surface area contributed by atoms with Crippen LogP contribution in [0.25, 0.3) is 0 Å². The zero-order chi connectivity index (χ0) is 37.9. The van der Waals surface area contributed by atoms with Crippen LogP contribution in [-0.4, -0.2) is 78.7 Å². The van der Waals surface area contributed by atoms with Gasteiger partial charge in [0.25, 0.3) is 0 Å². The maximum atomic E-state index is 14.3. The van der Waals surface area contributed by atoms with E-state index in [2.05, 4.69) is 44.0 Å². The summed E-state index contributed by atoms with van der Waals surface area (Å²) in [5.41, 5.74) is 10.9. The summed E-state index contributed by atoms with van der Waals surface area (Å²) in [6.45, 7) is 1.19. The number of carbonyl (C=O) groups excluding carboxylic acids is 7. The first-order chi connectivity index (χ1) is 24.9. The van der Waals surface area contributed by atoms with Gasteiger partial charge in [0.15, 0.2) is 0 Å². The van der Waals surface area contributed by atoms with E-state index in [1.54, 1.807) is 12.1 Å². The Morgan fingerprint density at radius 3 is 2.02 bits per heavy atom. The Kier molecular flexibility index (Phi) is 16.6. The molecular weight excluding hydrogens is 668 g/mol. The van der Waals surface area contributed by atoms with Crippen molar-refractivity contribution in [3.8, 4) is 0 Å². The Balaban J connectivity index is 1.84. The van der Waals surface area contributed by atoms with Crippen molar-refractivity contribution >= 4 is 41.5 Å². The molecule has 0 heterocycles. The van der Waals surface area contributed by atoms with Gasteiger partial charge < -0.3 is 43.4 Å². The van der Waals surface area contributed by atoms with Crippen LogP contribution in [0.2, 0.25) is 0 Å². The number of amides is 8. The van der Waals surface area contributed by atoms with Gasteiger partial charge in [-0.1, -0.05) is 74.0 Å². The van der Waals surface area contributed by atoms with Gasteiger partial charge in [0, 0.05) is 19.4 Å². The summed E-state index contributed by atoms with van der Waals surface area (Å²) >= 11 is 0. The van der Waals surface area contributed by atoms with Crippen LogP contribution in [-0.2, 0) is 35.2 Å². The molecule has 15 heteroatoms. The van der Waals surface area contributed by atoms with Gasteiger partial charge in [0.05, 0.1) is 13.1 Å². The first-order valence-corrected chi connectivity index (χ1v) is 17.8. The maximum Gasteiger partial charge on any atom is 0.312 e. The van der Waals surface area contributed by atoms with Crippen LogP contribution in [0.1, 0.15) is 81.8 Å². The number of nitrogens with one attached hydrogen (secondary N) is 6. The monoisotopic (exact) mass is 720 g/mol. The summed E-state index contributed by atoms with van der Waals surface area (Å²) in [7, 11) is 0. The van der Waals surface area contributed by atoms with Crippen molar-refractivity contribution in [2.45, 2.75) is 94.7 Å². The highest BCUT2D eigenvalue weighted by molar-refractivity contribution is 5.97. The highest BCUT2D eigenvalue weighted by Crippen LogP contribution is 2.38. The minimum atomic E-state index is -1.25. The molecule has 1 saturated carbocycles. The van der Waals surface area contributed by atoms with E-state index in [0.29, 0.717) is 32.1 Å². The molecule has 1 aliphatic rings. The van der Waals surface area contributed by atoms with Crippen LogP contribution >= 0.6 is 0 Å². The number of rotatable bonds is 20. The molecule has 2 aromatic carbocycles. The van der Waals surface area contributed by atoms with E-state index < -0.39 is 66.3 Å². The SMILES string of the molecule is CCCCC(=O)NC1(C(=O)NC(Cc2ccccc2)C(=O)NC(CCCNC(N)=O)C(=O)NCC(=O)NCC(N)=O)CCC(c2ccccc2)CC1. The van der Waals surface area contributed by atoms with E-state index in [4.69, 9.17) is 11.5 Å². The minimum Gasteiger partial charge on any atom is -0.368 e. The highest BCUT2D eigenvalue weighted by Gasteiger charge is 2.44. The Morgan fingerprint density at radius 2 is 1.40 bits per heavy atom. The van der Waals surface area contributed by atoms with Gasteiger partial charge in [-0.2, -0.15) is 0 Å². The third-order valence-corrected chi connectivity index (χ3v) is 9.07. The number of unbranched alkanes of at least 4 members (excludes halogenated alkanes) is 1. The largest absolute Gasteiger partial charge is 0.368 e. The summed E-state index contributed by atoms with van der Waals surface area (Å²) in [6, 6.07) is 16.0. The minimum absolute atomic E-state index is 0.0467. The molecule has 0 saturated heterocycles. The molecule has 0 aromatic heterocycles. The number of benzene rings is 2. The van der Waals surface area contributed by atoms with Crippen molar-refractivity contribution in [1.82, 2.24) is 31.9 Å². The van der Waals surface area contributed by atoms with E-state index in [1.165, 1.54) is 0 Å².